The Morgan fingerprint density at radius 3 is 1.69 bits per heavy atom. The molecule has 0 radical (unpaired) electrons. The molecule has 0 aliphatic carbocycles. The SMILES string of the molecule is CCCCC/C=C\C/C=C\C/C=C\C=C\C(=O)CCCC(=O)OC[C@H](COP(=O)(O)OC[C@@H](O)COP(=O)(O)O)OC(=O)CCCCCCCCCCCCCCC. The van der Waals surface area contributed by atoms with E-state index in [2.05, 4.69) is 47.2 Å². The van der Waals surface area contributed by atoms with Crippen LogP contribution in [-0.2, 0) is 46.6 Å². The van der Waals surface area contributed by atoms with Gasteiger partial charge in [-0.15, -0.1) is 0 Å². The average molecular weight is 865 g/mol. The van der Waals surface area contributed by atoms with E-state index in [1.807, 2.05) is 6.08 Å². The summed E-state index contributed by atoms with van der Waals surface area (Å²) in [6.45, 7) is 1.45. The van der Waals surface area contributed by atoms with Crippen molar-refractivity contribution in [3.05, 3.63) is 48.6 Å². The summed E-state index contributed by atoms with van der Waals surface area (Å²) in [6.07, 6.45) is 34.0. The lowest BCUT2D eigenvalue weighted by atomic mass is 10.0. The predicted molar refractivity (Wildman–Crippen MR) is 226 cm³/mol. The molecule has 0 spiro atoms. The molecule has 0 aromatic rings. The fraction of sp³-hybridized carbons (Fsp3) is 0.738. The molecule has 0 amide bonds. The van der Waals surface area contributed by atoms with E-state index in [1.165, 1.54) is 76.7 Å². The molecule has 0 heterocycles. The summed E-state index contributed by atoms with van der Waals surface area (Å²) < 4.78 is 47.5. The molecule has 336 valence electrons. The average Bonchev–Trinajstić information content (AvgIpc) is 3.17. The van der Waals surface area contributed by atoms with Crippen LogP contribution in [0.2, 0.25) is 0 Å². The van der Waals surface area contributed by atoms with E-state index < -0.39 is 66.2 Å². The number of phosphoric ester groups is 2. The maximum absolute atomic E-state index is 12.6. The van der Waals surface area contributed by atoms with Crippen LogP contribution >= 0.6 is 15.6 Å². The van der Waals surface area contributed by atoms with Crippen molar-refractivity contribution < 1.29 is 66.3 Å². The smallest absolute Gasteiger partial charge is 0.462 e. The lowest BCUT2D eigenvalue weighted by molar-refractivity contribution is -0.161. The van der Waals surface area contributed by atoms with Crippen molar-refractivity contribution in [3.63, 3.8) is 0 Å². The molecule has 4 N–H and O–H groups in total. The van der Waals surface area contributed by atoms with E-state index in [4.69, 9.17) is 23.8 Å². The van der Waals surface area contributed by atoms with E-state index >= 15 is 0 Å². The van der Waals surface area contributed by atoms with Gasteiger partial charge in [-0.2, -0.15) is 0 Å². The van der Waals surface area contributed by atoms with Crippen molar-refractivity contribution in [2.45, 2.75) is 174 Å². The number of rotatable bonds is 40. The van der Waals surface area contributed by atoms with Crippen molar-refractivity contribution >= 4 is 33.4 Å². The van der Waals surface area contributed by atoms with Crippen LogP contribution in [0.4, 0.5) is 0 Å². The topological polar surface area (TPSA) is 212 Å². The van der Waals surface area contributed by atoms with Gasteiger partial charge in [-0.1, -0.05) is 146 Å². The second-order valence-corrected chi connectivity index (χ2v) is 17.0. The number of hydrogen-bond acceptors (Lipinski definition) is 11. The van der Waals surface area contributed by atoms with Crippen molar-refractivity contribution in [1.82, 2.24) is 0 Å². The Balaban J connectivity index is 4.71. The molecule has 0 aliphatic heterocycles. The number of allylic oxidation sites excluding steroid dienone is 8. The zero-order valence-corrected chi connectivity index (χ0v) is 36.9. The minimum atomic E-state index is -4.88. The molecule has 58 heavy (non-hydrogen) atoms. The zero-order valence-electron chi connectivity index (χ0n) is 35.1. The van der Waals surface area contributed by atoms with E-state index in [0.29, 0.717) is 6.42 Å². The highest BCUT2D eigenvalue weighted by Crippen LogP contribution is 2.43. The van der Waals surface area contributed by atoms with Crippen molar-refractivity contribution in [3.8, 4) is 0 Å². The number of esters is 2. The van der Waals surface area contributed by atoms with Gasteiger partial charge in [0.15, 0.2) is 11.9 Å². The molecular formula is C42H74O14P2. The first-order chi connectivity index (χ1) is 27.8. The van der Waals surface area contributed by atoms with E-state index in [1.54, 1.807) is 12.2 Å². The van der Waals surface area contributed by atoms with Crippen LogP contribution in [0, 0.1) is 0 Å². The minimum Gasteiger partial charge on any atom is -0.462 e. The largest absolute Gasteiger partial charge is 0.472 e. The van der Waals surface area contributed by atoms with Gasteiger partial charge < -0.3 is 29.3 Å². The number of carbonyl (C=O) groups is 3. The number of carbonyl (C=O) groups excluding carboxylic acids is 3. The molecular weight excluding hydrogens is 790 g/mol. The Bertz CT molecular complexity index is 1280. The highest BCUT2D eigenvalue weighted by molar-refractivity contribution is 7.47. The lowest BCUT2D eigenvalue weighted by Crippen LogP contribution is -2.30. The normalized spacial score (nSPS) is 14.4. The summed E-state index contributed by atoms with van der Waals surface area (Å²) in [5, 5.41) is 9.73. The Kier molecular flexibility index (Phi) is 36.3. The quantitative estimate of drug-likeness (QED) is 0.0113. The molecule has 3 atom stereocenters. The summed E-state index contributed by atoms with van der Waals surface area (Å²) in [4.78, 5) is 64.8. The summed E-state index contributed by atoms with van der Waals surface area (Å²) in [5.74, 6) is -1.45. The highest BCUT2D eigenvalue weighted by atomic mass is 31.2. The first kappa shape index (κ1) is 55.8. The van der Waals surface area contributed by atoms with Crippen LogP contribution in [0.1, 0.15) is 162 Å². The molecule has 0 fully saturated rings. The molecule has 16 heteroatoms. The van der Waals surface area contributed by atoms with Crippen LogP contribution in [0.25, 0.3) is 0 Å². The number of aliphatic hydroxyl groups is 1. The van der Waals surface area contributed by atoms with Crippen LogP contribution in [-0.4, -0.2) is 76.1 Å². The van der Waals surface area contributed by atoms with Crippen molar-refractivity contribution in [2.24, 2.45) is 0 Å². The third-order valence-electron chi connectivity index (χ3n) is 8.69. The molecule has 14 nitrogen and oxygen atoms in total. The molecule has 0 aliphatic rings. The summed E-state index contributed by atoms with van der Waals surface area (Å²) in [5.41, 5.74) is 0. The standard InChI is InChI=1S/C42H74O14P2/c1-3-5-7-9-11-13-15-17-19-21-23-25-27-30-38(43)31-29-33-41(45)52-36-40(37-55-58(50,51)54-35-39(44)34-53-57(47,48)49)56-42(46)32-28-26-24-22-20-18-16-14-12-10-8-6-4-2/h11,13,17,19,23,25,27,30,39-40,44H,3-10,12,14-16,18,20-22,24,26,28-29,31-37H2,1-2H3,(H,50,51)(H2,47,48,49)/b13-11-,19-17-,25-23-,30-27+/t39-,40+/m0/s1. The second-order valence-electron chi connectivity index (χ2n) is 14.3. The third-order valence-corrected chi connectivity index (χ3v) is 10.1. The maximum atomic E-state index is 12.6. The maximum Gasteiger partial charge on any atom is 0.472 e. The molecule has 0 bridgehead atoms. The number of aliphatic hydroxyl groups excluding tert-OH is 1. The van der Waals surface area contributed by atoms with Crippen LogP contribution < -0.4 is 0 Å². The summed E-state index contributed by atoms with van der Waals surface area (Å²) >= 11 is 0. The third kappa shape index (κ3) is 40.5. The Morgan fingerprint density at radius 2 is 1.07 bits per heavy atom. The Labute approximate surface area is 347 Å². The summed E-state index contributed by atoms with van der Waals surface area (Å²) in [6, 6.07) is 0. The molecule has 1 unspecified atom stereocenters. The first-order valence-electron chi connectivity index (χ1n) is 21.3. The van der Waals surface area contributed by atoms with Gasteiger partial charge in [0.25, 0.3) is 0 Å². The van der Waals surface area contributed by atoms with Crippen LogP contribution in [0.3, 0.4) is 0 Å². The number of phosphoric acid groups is 2. The Hall–Kier alpha value is -2.25. The van der Waals surface area contributed by atoms with Gasteiger partial charge in [0.1, 0.15) is 12.7 Å². The van der Waals surface area contributed by atoms with Crippen LogP contribution in [0.5, 0.6) is 0 Å². The van der Waals surface area contributed by atoms with Gasteiger partial charge in [0.2, 0.25) is 0 Å². The number of hydrogen-bond donors (Lipinski definition) is 4. The van der Waals surface area contributed by atoms with Gasteiger partial charge in [0.05, 0.1) is 19.8 Å². The van der Waals surface area contributed by atoms with Gasteiger partial charge in [-0.25, -0.2) is 9.13 Å². The molecule has 0 rings (SSSR count). The predicted octanol–water partition coefficient (Wildman–Crippen LogP) is 9.85. The fourth-order valence-corrected chi connectivity index (χ4v) is 6.57. The number of ketones is 1. The minimum absolute atomic E-state index is 0.0830. The molecule has 0 saturated heterocycles. The Morgan fingerprint density at radius 1 is 0.552 bits per heavy atom. The molecule has 0 aromatic carbocycles. The lowest BCUT2D eigenvalue weighted by Gasteiger charge is -2.20. The number of unbranched alkanes of at least 4 members (excludes halogenated alkanes) is 15. The van der Waals surface area contributed by atoms with Gasteiger partial charge in [0, 0.05) is 19.3 Å². The molecule has 0 saturated carbocycles. The van der Waals surface area contributed by atoms with E-state index in [-0.39, 0.29) is 31.5 Å². The second kappa shape index (κ2) is 37.7. The monoisotopic (exact) mass is 864 g/mol. The summed E-state index contributed by atoms with van der Waals surface area (Å²) in [7, 11) is -9.74. The van der Waals surface area contributed by atoms with Crippen molar-refractivity contribution in [1.29, 1.82) is 0 Å². The van der Waals surface area contributed by atoms with Crippen LogP contribution in [0.15, 0.2) is 48.6 Å². The van der Waals surface area contributed by atoms with E-state index in [0.717, 1.165) is 44.9 Å². The number of ether oxygens (including phenoxy) is 2. The highest BCUT2D eigenvalue weighted by Gasteiger charge is 2.28. The van der Waals surface area contributed by atoms with Gasteiger partial charge in [-0.05, 0) is 44.6 Å². The molecule has 0 aromatic heterocycles. The fourth-order valence-electron chi connectivity index (χ4n) is 5.42. The van der Waals surface area contributed by atoms with Gasteiger partial charge >= 0.3 is 27.6 Å². The van der Waals surface area contributed by atoms with Gasteiger partial charge in [-0.3, -0.25) is 28.0 Å². The van der Waals surface area contributed by atoms with Crippen molar-refractivity contribution in [2.75, 3.05) is 26.4 Å². The first-order valence-corrected chi connectivity index (χ1v) is 24.3. The van der Waals surface area contributed by atoms with E-state index in [9.17, 15) is 33.5 Å². The zero-order chi connectivity index (χ0) is 43.2.